The summed E-state index contributed by atoms with van der Waals surface area (Å²) >= 11 is 0. The van der Waals surface area contributed by atoms with Crippen LogP contribution >= 0.6 is 0 Å². The van der Waals surface area contributed by atoms with E-state index in [-0.39, 0.29) is 35.3 Å². The number of urea groups is 1. The lowest BCUT2D eigenvalue weighted by Gasteiger charge is -2.43. The fourth-order valence-corrected chi connectivity index (χ4v) is 5.57. The number of fused-ring (bicyclic) bond motifs is 5. The van der Waals surface area contributed by atoms with Crippen molar-refractivity contribution < 1.29 is 9.59 Å². The molecule has 8 nitrogen and oxygen atoms in total. The van der Waals surface area contributed by atoms with Gasteiger partial charge in [-0.3, -0.25) is 9.59 Å². The minimum absolute atomic E-state index is 0.0274. The van der Waals surface area contributed by atoms with Crippen LogP contribution in [0, 0.1) is 11.8 Å². The number of carbonyl (C=O) groups excluding carboxylic acids is 2. The van der Waals surface area contributed by atoms with Gasteiger partial charge in [-0.2, -0.15) is 0 Å². The van der Waals surface area contributed by atoms with Gasteiger partial charge in [-0.15, -0.1) is 0 Å². The van der Waals surface area contributed by atoms with E-state index in [1.165, 1.54) is 5.39 Å². The second-order valence-electron chi connectivity index (χ2n) is 10.1. The number of benzene rings is 1. The first kappa shape index (κ1) is 23.2. The van der Waals surface area contributed by atoms with Crippen molar-refractivity contribution in [3.05, 3.63) is 70.8 Å². The number of carbonyl (C=O) groups is 2. The predicted octanol–water partition coefficient (Wildman–Crippen LogP) is 2.77. The van der Waals surface area contributed by atoms with Crippen LogP contribution in [0.4, 0.5) is 4.79 Å². The highest BCUT2D eigenvalue weighted by atomic mass is 16.2. The number of rotatable bonds is 6. The standard InChI is InChI=1S/C27H33N5O3/c1-18(2)25(26(34)28-11-13-30-12-10-20-6-3-4-7-22(20)30)29-27(35)31-15-19-14-21(17-31)23-8-5-9-24(33)32(23)16-19/h3-10,12,18-19,21,25H,11,13-17H2,1-2H3,(H,28,34)(H,29,35)/t19-,21+,25-/m0/s1. The Morgan fingerprint density at radius 2 is 1.86 bits per heavy atom. The van der Waals surface area contributed by atoms with Crippen molar-refractivity contribution in [3.8, 4) is 0 Å². The van der Waals surface area contributed by atoms with Gasteiger partial charge in [0, 0.05) is 62.1 Å². The first-order chi connectivity index (χ1) is 16.9. The zero-order valence-electron chi connectivity index (χ0n) is 20.3. The molecule has 35 heavy (non-hydrogen) atoms. The normalized spacial score (nSPS) is 19.9. The van der Waals surface area contributed by atoms with Crippen molar-refractivity contribution in [1.82, 2.24) is 24.7 Å². The lowest BCUT2D eigenvalue weighted by molar-refractivity contribution is -0.124. The van der Waals surface area contributed by atoms with Crippen molar-refractivity contribution in [2.45, 2.75) is 45.3 Å². The molecule has 0 unspecified atom stereocenters. The number of piperidine rings is 1. The van der Waals surface area contributed by atoms with E-state index in [9.17, 15) is 14.4 Å². The highest BCUT2D eigenvalue weighted by Gasteiger charge is 2.37. The molecule has 3 aromatic rings. The SMILES string of the molecule is CC(C)[C@H](NC(=O)N1C[C@@H]2C[C@H](C1)c1cccc(=O)n1C2)C(=O)NCCn1ccc2ccccc21. The molecule has 2 N–H and O–H groups in total. The zero-order chi connectivity index (χ0) is 24.5. The van der Waals surface area contributed by atoms with Crippen LogP contribution in [0.5, 0.6) is 0 Å². The van der Waals surface area contributed by atoms with E-state index in [0.717, 1.165) is 17.6 Å². The summed E-state index contributed by atoms with van der Waals surface area (Å²) in [6.45, 7) is 6.81. The average molecular weight is 476 g/mol. The molecule has 3 atom stereocenters. The van der Waals surface area contributed by atoms with E-state index in [2.05, 4.69) is 33.4 Å². The molecule has 8 heteroatoms. The Balaban J connectivity index is 1.19. The van der Waals surface area contributed by atoms with E-state index in [1.807, 2.05) is 47.7 Å². The van der Waals surface area contributed by atoms with Gasteiger partial charge in [-0.1, -0.05) is 38.1 Å². The lowest BCUT2D eigenvalue weighted by atomic mass is 9.83. The fraction of sp³-hybridized carbons (Fsp3) is 0.444. The van der Waals surface area contributed by atoms with Crippen LogP contribution in [0.15, 0.2) is 59.5 Å². The molecule has 1 aromatic carbocycles. The van der Waals surface area contributed by atoms with Crippen LogP contribution < -0.4 is 16.2 Å². The van der Waals surface area contributed by atoms with Gasteiger partial charge in [0.25, 0.3) is 5.56 Å². The molecule has 0 radical (unpaired) electrons. The Morgan fingerprint density at radius 1 is 1.03 bits per heavy atom. The van der Waals surface area contributed by atoms with Crippen molar-refractivity contribution >= 4 is 22.8 Å². The molecule has 0 spiro atoms. The Kier molecular flexibility index (Phi) is 6.36. The smallest absolute Gasteiger partial charge is 0.318 e. The largest absolute Gasteiger partial charge is 0.353 e. The van der Waals surface area contributed by atoms with Crippen LogP contribution in [-0.4, -0.2) is 51.6 Å². The van der Waals surface area contributed by atoms with Crippen LogP contribution in [0.25, 0.3) is 10.9 Å². The Morgan fingerprint density at radius 3 is 2.69 bits per heavy atom. The summed E-state index contributed by atoms with van der Waals surface area (Å²) in [6.07, 6.45) is 3.01. The highest BCUT2D eigenvalue weighted by molar-refractivity contribution is 5.87. The van der Waals surface area contributed by atoms with E-state index in [1.54, 1.807) is 12.1 Å². The summed E-state index contributed by atoms with van der Waals surface area (Å²) in [7, 11) is 0. The van der Waals surface area contributed by atoms with Gasteiger partial charge in [-0.05, 0) is 41.8 Å². The predicted molar refractivity (Wildman–Crippen MR) is 135 cm³/mol. The number of hydrogen-bond acceptors (Lipinski definition) is 3. The minimum Gasteiger partial charge on any atom is -0.353 e. The summed E-state index contributed by atoms with van der Waals surface area (Å²) < 4.78 is 3.97. The second kappa shape index (κ2) is 9.60. The molecule has 0 saturated carbocycles. The minimum atomic E-state index is -0.611. The summed E-state index contributed by atoms with van der Waals surface area (Å²) in [5, 5.41) is 7.16. The molecule has 1 saturated heterocycles. The van der Waals surface area contributed by atoms with E-state index in [4.69, 9.17) is 0 Å². The molecule has 1 fully saturated rings. The average Bonchev–Trinajstić information content (AvgIpc) is 3.26. The van der Waals surface area contributed by atoms with Gasteiger partial charge in [0.05, 0.1) is 0 Å². The molecular formula is C27H33N5O3. The zero-order valence-corrected chi connectivity index (χ0v) is 20.3. The van der Waals surface area contributed by atoms with Crippen LogP contribution in [0.1, 0.15) is 31.9 Å². The molecule has 5 rings (SSSR count). The Hall–Kier alpha value is -3.55. The Bertz CT molecular complexity index is 1290. The molecule has 184 valence electrons. The maximum atomic E-state index is 13.2. The monoisotopic (exact) mass is 475 g/mol. The van der Waals surface area contributed by atoms with Gasteiger partial charge in [0.15, 0.2) is 0 Å². The van der Waals surface area contributed by atoms with Gasteiger partial charge >= 0.3 is 6.03 Å². The lowest BCUT2D eigenvalue weighted by Crippen LogP contribution is -2.57. The van der Waals surface area contributed by atoms with Crippen LogP contribution in [0.3, 0.4) is 0 Å². The van der Waals surface area contributed by atoms with E-state index < -0.39 is 6.04 Å². The van der Waals surface area contributed by atoms with E-state index >= 15 is 0 Å². The number of aromatic nitrogens is 2. The highest BCUT2D eigenvalue weighted by Crippen LogP contribution is 2.34. The summed E-state index contributed by atoms with van der Waals surface area (Å²) in [6, 6.07) is 14.8. The third kappa shape index (κ3) is 4.70. The number of nitrogens with one attached hydrogen (secondary N) is 2. The van der Waals surface area contributed by atoms with Crippen molar-refractivity contribution in [2.24, 2.45) is 11.8 Å². The third-order valence-electron chi connectivity index (χ3n) is 7.33. The third-order valence-corrected chi connectivity index (χ3v) is 7.33. The maximum Gasteiger partial charge on any atom is 0.318 e. The van der Waals surface area contributed by atoms with Gasteiger partial charge < -0.3 is 24.7 Å². The van der Waals surface area contributed by atoms with Gasteiger partial charge in [0.2, 0.25) is 5.91 Å². The first-order valence-corrected chi connectivity index (χ1v) is 12.5. The summed E-state index contributed by atoms with van der Waals surface area (Å²) in [4.78, 5) is 40.3. The molecule has 2 aliphatic rings. The number of amides is 3. The van der Waals surface area contributed by atoms with Crippen molar-refractivity contribution in [1.29, 1.82) is 0 Å². The second-order valence-corrected chi connectivity index (χ2v) is 10.1. The summed E-state index contributed by atoms with van der Waals surface area (Å²) in [5.41, 5.74) is 2.16. The fourth-order valence-electron chi connectivity index (χ4n) is 5.57. The molecule has 2 aromatic heterocycles. The maximum absolute atomic E-state index is 13.2. The first-order valence-electron chi connectivity index (χ1n) is 12.5. The molecule has 2 aliphatic heterocycles. The molecule has 4 heterocycles. The number of nitrogens with zero attached hydrogens (tertiary/aromatic N) is 3. The Labute approximate surface area is 204 Å². The summed E-state index contributed by atoms with van der Waals surface area (Å²) in [5.74, 6) is 0.175. The number of pyridine rings is 1. The number of para-hydroxylation sites is 1. The quantitative estimate of drug-likeness (QED) is 0.575. The van der Waals surface area contributed by atoms with Crippen LogP contribution in [0.2, 0.25) is 0 Å². The van der Waals surface area contributed by atoms with Crippen molar-refractivity contribution in [3.63, 3.8) is 0 Å². The molecule has 2 bridgehead atoms. The topological polar surface area (TPSA) is 88.4 Å². The van der Waals surface area contributed by atoms with E-state index in [0.29, 0.717) is 32.7 Å². The molecule has 3 amide bonds. The number of hydrogen-bond donors (Lipinski definition) is 2. The van der Waals surface area contributed by atoms with Crippen LogP contribution in [-0.2, 0) is 17.9 Å². The number of likely N-dealkylation sites (tertiary alicyclic amines) is 1. The molecular weight excluding hydrogens is 442 g/mol. The van der Waals surface area contributed by atoms with Crippen molar-refractivity contribution in [2.75, 3.05) is 19.6 Å². The van der Waals surface area contributed by atoms with Gasteiger partial charge in [-0.25, -0.2) is 4.79 Å². The van der Waals surface area contributed by atoms with Gasteiger partial charge in [0.1, 0.15) is 6.04 Å². The molecule has 0 aliphatic carbocycles.